The molecule has 3 heterocycles. The van der Waals surface area contributed by atoms with Crippen LogP contribution in [0, 0.1) is 19.8 Å². The molecule has 7 nitrogen and oxygen atoms in total. The van der Waals surface area contributed by atoms with Gasteiger partial charge in [0.15, 0.2) is 0 Å². The summed E-state index contributed by atoms with van der Waals surface area (Å²) in [5, 5.41) is 0.687. The average molecular weight is 528 g/mol. The van der Waals surface area contributed by atoms with Gasteiger partial charge in [0.25, 0.3) is 11.1 Å². The second kappa shape index (κ2) is 10.1. The van der Waals surface area contributed by atoms with Crippen molar-refractivity contribution in [2.75, 3.05) is 26.2 Å². The molecule has 0 spiro atoms. The van der Waals surface area contributed by atoms with Gasteiger partial charge < -0.3 is 9.64 Å². The van der Waals surface area contributed by atoms with Crippen molar-refractivity contribution in [3.8, 4) is 5.19 Å². The number of benzene rings is 2. The van der Waals surface area contributed by atoms with Crippen LogP contribution < -0.4 is 4.74 Å². The van der Waals surface area contributed by atoms with Gasteiger partial charge in [0.2, 0.25) is 10.0 Å². The summed E-state index contributed by atoms with van der Waals surface area (Å²) in [6, 6.07) is 10.6. The minimum Gasteiger partial charge on any atom is -0.467 e. The first-order chi connectivity index (χ1) is 17.2. The molecule has 9 heteroatoms. The van der Waals surface area contributed by atoms with Gasteiger partial charge >= 0.3 is 0 Å². The maximum Gasteiger partial charge on any atom is 0.274 e. The van der Waals surface area contributed by atoms with Crippen molar-refractivity contribution in [2.24, 2.45) is 5.92 Å². The predicted octanol–water partition coefficient (Wildman–Crippen LogP) is 5.02. The van der Waals surface area contributed by atoms with E-state index in [1.54, 1.807) is 39.9 Å². The number of hydrogen-bond acceptors (Lipinski definition) is 6. The summed E-state index contributed by atoms with van der Waals surface area (Å²) in [5.74, 6) is 0.291. The fourth-order valence-corrected chi connectivity index (χ4v) is 7.70. The van der Waals surface area contributed by atoms with E-state index in [1.807, 2.05) is 4.90 Å². The number of aromatic nitrogens is 1. The van der Waals surface area contributed by atoms with E-state index in [0.29, 0.717) is 42.9 Å². The van der Waals surface area contributed by atoms with Crippen LogP contribution in [0.1, 0.15) is 54.1 Å². The summed E-state index contributed by atoms with van der Waals surface area (Å²) in [5.41, 5.74) is 3.86. The van der Waals surface area contributed by atoms with Gasteiger partial charge in [0.05, 0.1) is 15.1 Å². The molecule has 2 aliphatic rings. The largest absolute Gasteiger partial charge is 0.467 e. The van der Waals surface area contributed by atoms with Crippen molar-refractivity contribution in [1.82, 2.24) is 14.2 Å². The van der Waals surface area contributed by atoms with Gasteiger partial charge in [-0.25, -0.2) is 13.4 Å². The lowest BCUT2D eigenvalue weighted by atomic mass is 10.0. The maximum absolute atomic E-state index is 13.1. The van der Waals surface area contributed by atoms with Crippen LogP contribution in [0.3, 0.4) is 0 Å². The highest BCUT2D eigenvalue weighted by Crippen LogP contribution is 2.34. The minimum atomic E-state index is -3.53. The van der Waals surface area contributed by atoms with Gasteiger partial charge in [-0.3, -0.25) is 4.79 Å². The van der Waals surface area contributed by atoms with Gasteiger partial charge in [0.1, 0.15) is 6.10 Å². The highest BCUT2D eigenvalue weighted by atomic mass is 32.2. The predicted molar refractivity (Wildman–Crippen MR) is 142 cm³/mol. The van der Waals surface area contributed by atoms with Crippen LogP contribution in [0.25, 0.3) is 10.2 Å². The maximum atomic E-state index is 13.1. The van der Waals surface area contributed by atoms with E-state index in [2.05, 4.69) is 32.9 Å². The van der Waals surface area contributed by atoms with E-state index < -0.39 is 10.0 Å². The monoisotopic (exact) mass is 527 g/mol. The molecule has 3 aromatic rings. The third-order valence-corrected chi connectivity index (χ3v) is 10.2. The first kappa shape index (κ1) is 25.2. The fraction of sp³-hybridized carbons (Fsp3) is 0.481. The van der Waals surface area contributed by atoms with E-state index in [4.69, 9.17) is 9.72 Å². The minimum absolute atomic E-state index is 0.0228. The third-order valence-electron chi connectivity index (χ3n) is 7.28. The van der Waals surface area contributed by atoms with Crippen LogP contribution in [0.15, 0.2) is 41.3 Å². The molecule has 0 aliphatic carbocycles. The summed E-state index contributed by atoms with van der Waals surface area (Å²) >= 11 is 1.58. The molecule has 1 amide bonds. The van der Waals surface area contributed by atoms with E-state index >= 15 is 0 Å². The number of carbonyl (C=O) groups is 1. The van der Waals surface area contributed by atoms with Crippen molar-refractivity contribution in [1.29, 1.82) is 0 Å². The Morgan fingerprint density at radius 1 is 1.00 bits per heavy atom. The molecule has 1 unspecified atom stereocenters. The molecule has 5 rings (SSSR count). The fourth-order valence-electron chi connectivity index (χ4n) is 5.08. The van der Waals surface area contributed by atoms with E-state index in [9.17, 15) is 13.2 Å². The van der Waals surface area contributed by atoms with Crippen LogP contribution in [0.2, 0.25) is 0 Å². The van der Waals surface area contributed by atoms with Crippen molar-refractivity contribution >= 4 is 37.5 Å². The van der Waals surface area contributed by atoms with Gasteiger partial charge in [0, 0.05) is 44.6 Å². The normalized spacial score (nSPS) is 20.1. The van der Waals surface area contributed by atoms with Crippen LogP contribution in [-0.4, -0.2) is 60.8 Å². The van der Waals surface area contributed by atoms with Crippen molar-refractivity contribution in [3.05, 3.63) is 53.1 Å². The summed E-state index contributed by atoms with van der Waals surface area (Å²) in [7, 11) is -3.53. The van der Waals surface area contributed by atoms with Crippen molar-refractivity contribution < 1.29 is 17.9 Å². The smallest absolute Gasteiger partial charge is 0.274 e. The van der Waals surface area contributed by atoms with E-state index in [-0.39, 0.29) is 16.9 Å². The number of thiazole rings is 1. The SMILES string of the molecule is Cc1ccc(C)c2sc(OC3CCN(C(=O)c4ccc(S(=O)(=O)N5CCCC(C)C5)cc4)CC3)nc12. The average Bonchev–Trinajstić information content (AvgIpc) is 3.31. The number of sulfonamides is 1. The Hall–Kier alpha value is -2.49. The summed E-state index contributed by atoms with van der Waals surface area (Å²) in [4.78, 5) is 19.8. The summed E-state index contributed by atoms with van der Waals surface area (Å²) < 4.78 is 34.9. The lowest BCUT2D eigenvalue weighted by molar-refractivity contribution is 0.0595. The van der Waals surface area contributed by atoms with Crippen LogP contribution >= 0.6 is 11.3 Å². The molecule has 0 saturated carbocycles. The number of aryl methyl sites for hydroxylation is 2. The molecule has 0 N–H and O–H groups in total. The number of amides is 1. The number of carbonyl (C=O) groups excluding carboxylic acids is 1. The number of ether oxygens (including phenoxy) is 1. The highest BCUT2D eigenvalue weighted by Gasteiger charge is 2.30. The molecule has 1 aromatic heterocycles. The van der Waals surface area contributed by atoms with Crippen LogP contribution in [0.4, 0.5) is 0 Å². The Morgan fingerprint density at radius 2 is 1.69 bits per heavy atom. The molecule has 0 radical (unpaired) electrons. The van der Waals surface area contributed by atoms with Gasteiger partial charge in [-0.15, -0.1) is 0 Å². The molecule has 1 atom stereocenters. The van der Waals surface area contributed by atoms with E-state index in [0.717, 1.165) is 41.5 Å². The second-order valence-electron chi connectivity index (χ2n) is 10.1. The Morgan fingerprint density at radius 3 is 2.36 bits per heavy atom. The number of nitrogens with zero attached hydrogens (tertiary/aromatic N) is 3. The Kier molecular flexibility index (Phi) is 7.07. The first-order valence-corrected chi connectivity index (χ1v) is 14.9. The molecule has 2 aliphatic heterocycles. The molecular formula is C27H33N3O4S2. The topological polar surface area (TPSA) is 79.8 Å². The summed E-state index contributed by atoms with van der Waals surface area (Å²) in [6.45, 7) is 8.53. The third kappa shape index (κ3) is 5.01. The van der Waals surface area contributed by atoms with Gasteiger partial charge in [-0.1, -0.05) is 30.4 Å². The number of likely N-dealkylation sites (tertiary alicyclic amines) is 1. The van der Waals surface area contributed by atoms with Crippen LogP contribution in [0.5, 0.6) is 5.19 Å². The number of fused-ring (bicyclic) bond motifs is 1. The lowest BCUT2D eigenvalue weighted by Gasteiger charge is -2.32. The molecule has 2 aromatic carbocycles. The summed E-state index contributed by atoms with van der Waals surface area (Å²) in [6.07, 6.45) is 3.43. The van der Waals surface area contributed by atoms with Gasteiger partial charge in [-0.05, 0) is 68.0 Å². The second-order valence-corrected chi connectivity index (χ2v) is 13.0. The molecule has 36 heavy (non-hydrogen) atoms. The van der Waals surface area contributed by atoms with E-state index in [1.165, 1.54) is 5.56 Å². The number of piperidine rings is 2. The van der Waals surface area contributed by atoms with Gasteiger partial charge in [-0.2, -0.15) is 4.31 Å². The molecule has 2 saturated heterocycles. The van der Waals surface area contributed by atoms with Crippen molar-refractivity contribution in [2.45, 2.75) is 57.5 Å². The highest BCUT2D eigenvalue weighted by molar-refractivity contribution is 7.89. The number of rotatable bonds is 5. The molecule has 192 valence electrons. The first-order valence-electron chi connectivity index (χ1n) is 12.7. The molecule has 2 fully saturated rings. The zero-order chi connectivity index (χ0) is 25.4. The quantitative estimate of drug-likeness (QED) is 0.466. The van der Waals surface area contributed by atoms with Crippen LogP contribution in [-0.2, 0) is 10.0 Å². The Labute approximate surface area is 217 Å². The lowest BCUT2D eigenvalue weighted by Crippen LogP contribution is -2.41. The zero-order valence-electron chi connectivity index (χ0n) is 21.1. The zero-order valence-corrected chi connectivity index (χ0v) is 22.7. The van der Waals surface area contributed by atoms with Crippen molar-refractivity contribution in [3.63, 3.8) is 0 Å². The Bertz CT molecular complexity index is 1320. The molecule has 0 bridgehead atoms. The number of hydrogen-bond donors (Lipinski definition) is 0. The molecular weight excluding hydrogens is 494 g/mol. The Balaban J connectivity index is 1.19. The standard InChI is InChI=1S/C27H33N3O4S2/c1-18-5-4-14-30(17-18)36(32,33)23-10-8-21(9-11-23)26(31)29-15-12-22(13-16-29)34-27-28-24-19(2)6-7-20(3)25(24)35-27/h6-11,18,22H,4-5,12-17H2,1-3H3.